The Morgan fingerprint density at radius 3 is 2.33 bits per heavy atom. The van der Waals surface area contributed by atoms with Crippen molar-refractivity contribution in [2.45, 2.75) is 24.9 Å². The van der Waals surface area contributed by atoms with Crippen LogP contribution in [0.15, 0.2) is 84.9 Å². The van der Waals surface area contributed by atoms with Crippen LogP contribution in [0.4, 0.5) is 4.79 Å². The number of carbonyl (C=O) groups is 3. The molecule has 0 saturated carbocycles. The van der Waals surface area contributed by atoms with E-state index in [4.69, 9.17) is 0 Å². The lowest BCUT2D eigenvalue weighted by Gasteiger charge is -2.28. The van der Waals surface area contributed by atoms with Gasteiger partial charge in [-0.1, -0.05) is 72.8 Å². The van der Waals surface area contributed by atoms with Crippen LogP contribution in [0.1, 0.15) is 29.1 Å². The summed E-state index contributed by atoms with van der Waals surface area (Å²) in [5, 5.41) is 3.71. The number of nitrogens with zero attached hydrogens (tertiary/aromatic N) is 3. The molecule has 36 heavy (non-hydrogen) atoms. The number of rotatable bonds is 7. The Morgan fingerprint density at radius 1 is 1.00 bits per heavy atom. The van der Waals surface area contributed by atoms with Crippen molar-refractivity contribution >= 4 is 39.4 Å². The van der Waals surface area contributed by atoms with Gasteiger partial charge in [0.15, 0.2) is 5.54 Å². The Bertz CT molecular complexity index is 1390. The van der Waals surface area contributed by atoms with Gasteiger partial charge in [0.05, 0.1) is 16.3 Å². The molecule has 1 aromatic heterocycles. The SMILES string of the molecule is C[C@H](c1nc2ccccc2s1)N(C)C(=O)CN1C(=O)N[C@@](Cc2ccccc2)(c2ccccc2)C1=O. The highest BCUT2D eigenvalue weighted by atomic mass is 32.1. The molecular weight excluding hydrogens is 472 g/mol. The second-order valence-electron chi connectivity index (χ2n) is 8.96. The number of amides is 4. The zero-order valence-electron chi connectivity index (χ0n) is 20.0. The molecule has 182 valence electrons. The number of aromatic nitrogens is 1. The maximum atomic E-state index is 13.8. The molecular formula is C28H26N4O3S. The Kier molecular flexibility index (Phi) is 6.28. The molecule has 0 aliphatic carbocycles. The molecule has 1 saturated heterocycles. The minimum absolute atomic E-state index is 0.283. The molecule has 0 unspecified atom stereocenters. The van der Waals surface area contributed by atoms with Crippen molar-refractivity contribution in [1.82, 2.24) is 20.1 Å². The molecule has 1 fully saturated rings. The lowest BCUT2D eigenvalue weighted by Crippen LogP contribution is -2.47. The summed E-state index contributed by atoms with van der Waals surface area (Å²) in [5.74, 6) is -0.772. The predicted octanol–water partition coefficient (Wildman–Crippen LogP) is 4.51. The molecule has 4 aromatic rings. The van der Waals surface area contributed by atoms with E-state index >= 15 is 0 Å². The summed E-state index contributed by atoms with van der Waals surface area (Å²) in [4.78, 5) is 47.4. The summed E-state index contributed by atoms with van der Waals surface area (Å²) < 4.78 is 1.04. The van der Waals surface area contributed by atoms with Crippen LogP contribution in [0, 0.1) is 0 Å². The van der Waals surface area contributed by atoms with Crippen molar-refractivity contribution in [2.75, 3.05) is 13.6 Å². The number of carbonyl (C=O) groups excluding carboxylic acids is 3. The molecule has 0 spiro atoms. The molecule has 2 heterocycles. The number of hydrogen-bond donors (Lipinski definition) is 1. The smallest absolute Gasteiger partial charge is 0.325 e. The third-order valence-corrected chi connectivity index (χ3v) is 7.90. The average molecular weight is 499 g/mol. The van der Waals surface area contributed by atoms with E-state index in [1.54, 1.807) is 7.05 Å². The summed E-state index contributed by atoms with van der Waals surface area (Å²) in [7, 11) is 1.67. The van der Waals surface area contributed by atoms with Crippen LogP contribution in [0.5, 0.6) is 0 Å². The zero-order chi connectivity index (χ0) is 25.3. The number of benzene rings is 3. The minimum atomic E-state index is -1.28. The quantitative estimate of drug-likeness (QED) is 0.380. The Hall–Kier alpha value is -4.04. The van der Waals surface area contributed by atoms with E-state index in [0.717, 1.165) is 25.7 Å². The first-order valence-electron chi connectivity index (χ1n) is 11.7. The summed E-state index contributed by atoms with van der Waals surface area (Å²) >= 11 is 1.53. The average Bonchev–Trinajstić information content (AvgIpc) is 3.44. The lowest BCUT2D eigenvalue weighted by atomic mass is 9.83. The standard InChI is InChI=1S/C28H26N4O3S/c1-19(25-29-22-15-9-10-16-23(22)36-25)31(2)24(33)18-32-26(34)28(30-27(32)35,21-13-7-4-8-14-21)17-20-11-5-3-6-12-20/h3-16,19H,17-18H2,1-2H3,(H,30,35)/t19-,28+/m1/s1. The van der Waals surface area contributed by atoms with E-state index in [1.807, 2.05) is 91.9 Å². The first kappa shape index (κ1) is 23.7. The zero-order valence-corrected chi connectivity index (χ0v) is 20.9. The van der Waals surface area contributed by atoms with Gasteiger partial charge in [0, 0.05) is 13.5 Å². The van der Waals surface area contributed by atoms with Gasteiger partial charge in [-0.2, -0.15) is 0 Å². The monoisotopic (exact) mass is 498 g/mol. The first-order valence-corrected chi connectivity index (χ1v) is 12.6. The number of likely N-dealkylation sites (N-methyl/N-ethyl adjacent to an activating group) is 1. The molecule has 8 heteroatoms. The second kappa shape index (κ2) is 9.54. The normalized spacial score (nSPS) is 18.3. The highest BCUT2D eigenvalue weighted by Gasteiger charge is 2.53. The van der Waals surface area contributed by atoms with Crippen LogP contribution >= 0.6 is 11.3 Å². The summed E-state index contributed by atoms with van der Waals surface area (Å²) in [6.07, 6.45) is 0.283. The number of thiazole rings is 1. The molecule has 0 radical (unpaired) electrons. The number of para-hydroxylation sites is 1. The van der Waals surface area contributed by atoms with E-state index in [1.165, 1.54) is 16.2 Å². The van der Waals surface area contributed by atoms with Gasteiger partial charge in [-0.25, -0.2) is 9.78 Å². The Balaban J connectivity index is 1.39. The van der Waals surface area contributed by atoms with Crippen LogP contribution in [-0.4, -0.2) is 46.2 Å². The topological polar surface area (TPSA) is 82.6 Å². The third-order valence-electron chi connectivity index (χ3n) is 6.69. The number of urea groups is 1. The van der Waals surface area contributed by atoms with Gasteiger partial charge in [0.2, 0.25) is 5.91 Å². The highest BCUT2D eigenvalue weighted by Crippen LogP contribution is 2.34. The summed E-state index contributed by atoms with van der Waals surface area (Å²) in [5.41, 5.74) is 1.19. The van der Waals surface area contributed by atoms with Crippen molar-refractivity contribution in [1.29, 1.82) is 0 Å². The van der Waals surface area contributed by atoms with E-state index < -0.39 is 17.5 Å². The number of imide groups is 1. The second-order valence-corrected chi connectivity index (χ2v) is 10.0. The predicted molar refractivity (Wildman–Crippen MR) is 139 cm³/mol. The summed E-state index contributed by atoms with van der Waals surface area (Å²) in [6, 6.07) is 25.7. The van der Waals surface area contributed by atoms with E-state index in [0.29, 0.717) is 5.56 Å². The van der Waals surface area contributed by atoms with E-state index in [2.05, 4.69) is 10.3 Å². The van der Waals surface area contributed by atoms with Crippen LogP contribution in [0.3, 0.4) is 0 Å². The van der Waals surface area contributed by atoms with Crippen LogP contribution in [0.2, 0.25) is 0 Å². The molecule has 3 aromatic carbocycles. The molecule has 4 amide bonds. The number of hydrogen-bond acceptors (Lipinski definition) is 5. The van der Waals surface area contributed by atoms with Gasteiger partial charge in [-0.05, 0) is 30.2 Å². The fraction of sp³-hybridized carbons (Fsp3) is 0.214. The maximum absolute atomic E-state index is 13.8. The molecule has 1 aliphatic heterocycles. The van der Waals surface area contributed by atoms with Gasteiger partial charge in [0.25, 0.3) is 5.91 Å². The lowest BCUT2D eigenvalue weighted by molar-refractivity contribution is -0.139. The van der Waals surface area contributed by atoms with Crippen molar-refractivity contribution < 1.29 is 14.4 Å². The maximum Gasteiger partial charge on any atom is 0.325 e. The van der Waals surface area contributed by atoms with Crippen molar-refractivity contribution in [3.63, 3.8) is 0 Å². The van der Waals surface area contributed by atoms with Gasteiger partial charge in [-0.3, -0.25) is 14.5 Å². The Morgan fingerprint density at radius 2 is 1.64 bits per heavy atom. The van der Waals surface area contributed by atoms with Crippen molar-refractivity contribution in [2.24, 2.45) is 0 Å². The molecule has 1 aliphatic rings. The van der Waals surface area contributed by atoms with Crippen molar-refractivity contribution in [3.8, 4) is 0 Å². The molecule has 7 nitrogen and oxygen atoms in total. The number of fused-ring (bicyclic) bond motifs is 1. The van der Waals surface area contributed by atoms with Crippen LogP contribution < -0.4 is 5.32 Å². The van der Waals surface area contributed by atoms with Gasteiger partial charge < -0.3 is 10.2 Å². The third kappa shape index (κ3) is 4.24. The van der Waals surface area contributed by atoms with Gasteiger partial charge >= 0.3 is 6.03 Å². The molecule has 1 N–H and O–H groups in total. The van der Waals surface area contributed by atoms with Crippen LogP contribution in [-0.2, 0) is 21.5 Å². The van der Waals surface area contributed by atoms with E-state index in [9.17, 15) is 14.4 Å². The molecule has 0 bridgehead atoms. The molecule has 2 atom stereocenters. The number of nitrogens with one attached hydrogen (secondary N) is 1. The minimum Gasteiger partial charge on any atom is -0.335 e. The fourth-order valence-corrected chi connectivity index (χ4v) is 5.57. The van der Waals surface area contributed by atoms with Crippen LogP contribution in [0.25, 0.3) is 10.2 Å². The highest BCUT2D eigenvalue weighted by molar-refractivity contribution is 7.18. The van der Waals surface area contributed by atoms with Gasteiger partial charge in [0.1, 0.15) is 11.6 Å². The largest absolute Gasteiger partial charge is 0.335 e. The summed E-state index contributed by atoms with van der Waals surface area (Å²) in [6.45, 7) is 1.55. The molecule has 5 rings (SSSR count). The Labute approximate surface area is 213 Å². The van der Waals surface area contributed by atoms with Crippen molar-refractivity contribution in [3.05, 3.63) is 101 Å². The fourth-order valence-electron chi connectivity index (χ4n) is 4.51. The van der Waals surface area contributed by atoms with Gasteiger partial charge in [-0.15, -0.1) is 11.3 Å². The van der Waals surface area contributed by atoms with E-state index in [-0.39, 0.29) is 24.9 Å². The first-order chi connectivity index (χ1) is 17.4.